The lowest BCUT2D eigenvalue weighted by Gasteiger charge is -2.26. The van der Waals surface area contributed by atoms with Crippen molar-refractivity contribution < 1.29 is 32.3 Å². The Morgan fingerprint density at radius 2 is 1.59 bits per heavy atom. The van der Waals surface area contributed by atoms with E-state index < -0.39 is 30.8 Å². The average molecular weight is 324 g/mol. The molecule has 6 nitrogen and oxygen atoms in total. The quantitative estimate of drug-likeness (QED) is 0.606. The lowest BCUT2D eigenvalue weighted by atomic mass is 9.82. The van der Waals surface area contributed by atoms with Crippen molar-refractivity contribution in [2.75, 3.05) is 7.11 Å². The molecule has 126 valence electrons. The van der Waals surface area contributed by atoms with Gasteiger partial charge in [-0.3, -0.25) is 25.2 Å². The van der Waals surface area contributed by atoms with Crippen molar-refractivity contribution in [1.29, 1.82) is 0 Å². The Kier molecular flexibility index (Phi) is 6.63. The summed E-state index contributed by atoms with van der Waals surface area (Å²) in [4.78, 5) is 34.3. The number of halogens is 3. The molecule has 0 radical (unpaired) electrons. The van der Waals surface area contributed by atoms with Gasteiger partial charge >= 0.3 is 12.1 Å². The summed E-state index contributed by atoms with van der Waals surface area (Å²) in [5.41, 5.74) is 4.09. The standard InChI is InChI=1S/C13H19F3N2O4/c1-22-12(21)9-4-2-8(3-5-9)11(20)18-17-10(19)6-7-13(14,15)16/h8-9H,2-7H2,1H3,(H,17,19)(H,18,20)/t8-,9-. The third kappa shape index (κ3) is 6.31. The van der Waals surface area contributed by atoms with Crippen molar-refractivity contribution in [3.05, 3.63) is 0 Å². The summed E-state index contributed by atoms with van der Waals surface area (Å²) >= 11 is 0. The maximum atomic E-state index is 11.9. The smallest absolute Gasteiger partial charge is 0.389 e. The summed E-state index contributed by atoms with van der Waals surface area (Å²) in [6.45, 7) is 0. The van der Waals surface area contributed by atoms with Crippen molar-refractivity contribution in [1.82, 2.24) is 10.9 Å². The van der Waals surface area contributed by atoms with Gasteiger partial charge in [-0.1, -0.05) is 0 Å². The molecule has 0 aromatic rings. The zero-order valence-corrected chi connectivity index (χ0v) is 12.2. The Bertz CT molecular complexity index is 418. The first-order valence-electron chi connectivity index (χ1n) is 6.96. The van der Waals surface area contributed by atoms with Gasteiger partial charge in [-0.25, -0.2) is 0 Å². The SMILES string of the molecule is COC(=O)[C@H]1CC[C@H](C(=O)NNC(=O)CCC(F)(F)F)CC1. The normalized spacial score (nSPS) is 21.8. The number of nitrogens with one attached hydrogen (secondary N) is 2. The van der Waals surface area contributed by atoms with Crippen molar-refractivity contribution in [2.24, 2.45) is 11.8 Å². The van der Waals surface area contributed by atoms with E-state index in [1.807, 2.05) is 5.43 Å². The maximum absolute atomic E-state index is 11.9. The van der Waals surface area contributed by atoms with E-state index in [2.05, 4.69) is 10.2 Å². The van der Waals surface area contributed by atoms with Crippen LogP contribution >= 0.6 is 0 Å². The van der Waals surface area contributed by atoms with Crippen molar-refractivity contribution in [3.63, 3.8) is 0 Å². The Balaban J connectivity index is 2.26. The second-order valence-corrected chi connectivity index (χ2v) is 5.22. The van der Waals surface area contributed by atoms with Crippen LogP contribution in [0, 0.1) is 11.8 Å². The van der Waals surface area contributed by atoms with Gasteiger partial charge in [-0.2, -0.15) is 13.2 Å². The summed E-state index contributed by atoms with van der Waals surface area (Å²) in [7, 11) is 1.30. The third-order valence-electron chi connectivity index (χ3n) is 3.59. The highest BCUT2D eigenvalue weighted by Gasteiger charge is 2.31. The first-order chi connectivity index (χ1) is 10.2. The van der Waals surface area contributed by atoms with Crippen LogP contribution in [0.5, 0.6) is 0 Å². The van der Waals surface area contributed by atoms with Crippen molar-refractivity contribution in [2.45, 2.75) is 44.7 Å². The molecule has 22 heavy (non-hydrogen) atoms. The van der Waals surface area contributed by atoms with Crippen molar-refractivity contribution in [3.8, 4) is 0 Å². The molecule has 0 atom stereocenters. The molecule has 0 aliphatic heterocycles. The molecule has 1 fully saturated rings. The lowest BCUT2D eigenvalue weighted by molar-refractivity contribution is -0.148. The fraction of sp³-hybridized carbons (Fsp3) is 0.769. The Hall–Kier alpha value is -1.80. The van der Waals surface area contributed by atoms with Gasteiger partial charge in [0.05, 0.1) is 19.4 Å². The first-order valence-corrected chi connectivity index (χ1v) is 6.96. The number of methoxy groups -OCH3 is 1. The monoisotopic (exact) mass is 324 g/mol. The summed E-state index contributed by atoms with van der Waals surface area (Å²) in [5.74, 6) is -2.25. The van der Waals surface area contributed by atoms with Crippen LogP contribution in [-0.2, 0) is 19.1 Å². The summed E-state index contributed by atoms with van der Waals surface area (Å²) in [6.07, 6.45) is -4.45. The van der Waals surface area contributed by atoms with E-state index in [1.54, 1.807) is 0 Å². The summed E-state index contributed by atoms with van der Waals surface area (Å²) in [6, 6.07) is 0. The van der Waals surface area contributed by atoms with Crippen LogP contribution in [0.2, 0.25) is 0 Å². The van der Waals surface area contributed by atoms with Gasteiger partial charge in [0.2, 0.25) is 11.8 Å². The van der Waals surface area contributed by atoms with E-state index in [-0.39, 0.29) is 17.8 Å². The van der Waals surface area contributed by atoms with Crippen molar-refractivity contribution >= 4 is 17.8 Å². The number of hydrogen-bond donors (Lipinski definition) is 2. The molecule has 9 heteroatoms. The van der Waals surface area contributed by atoms with Crippen LogP contribution in [0.15, 0.2) is 0 Å². The van der Waals surface area contributed by atoms with Gasteiger partial charge < -0.3 is 4.74 Å². The number of carbonyl (C=O) groups excluding carboxylic acids is 3. The fourth-order valence-electron chi connectivity index (χ4n) is 2.31. The van der Waals surface area contributed by atoms with E-state index >= 15 is 0 Å². The van der Waals surface area contributed by atoms with E-state index in [0.29, 0.717) is 25.7 Å². The maximum Gasteiger partial charge on any atom is 0.389 e. The number of carbonyl (C=O) groups is 3. The summed E-state index contributed by atoms with van der Waals surface area (Å²) < 4.78 is 40.4. The molecule has 0 bridgehead atoms. The number of ether oxygens (including phenoxy) is 1. The highest BCUT2D eigenvalue weighted by molar-refractivity contribution is 5.83. The van der Waals surface area contributed by atoms with E-state index in [9.17, 15) is 27.6 Å². The minimum Gasteiger partial charge on any atom is -0.469 e. The minimum atomic E-state index is -4.41. The van der Waals surface area contributed by atoms with Crippen LogP contribution in [0.25, 0.3) is 0 Å². The topological polar surface area (TPSA) is 84.5 Å². The molecule has 0 aromatic heterocycles. The highest BCUT2D eigenvalue weighted by Crippen LogP contribution is 2.29. The molecule has 0 heterocycles. The molecule has 1 aliphatic rings. The van der Waals surface area contributed by atoms with Crippen LogP contribution in [0.4, 0.5) is 13.2 Å². The Morgan fingerprint density at radius 1 is 1.05 bits per heavy atom. The molecule has 0 saturated heterocycles. The largest absolute Gasteiger partial charge is 0.469 e. The fourth-order valence-corrected chi connectivity index (χ4v) is 2.31. The predicted molar refractivity (Wildman–Crippen MR) is 69.0 cm³/mol. The molecule has 0 unspecified atom stereocenters. The van der Waals surface area contributed by atoms with Gasteiger partial charge in [0.1, 0.15) is 0 Å². The van der Waals surface area contributed by atoms with Gasteiger partial charge in [0.15, 0.2) is 0 Å². The first kappa shape index (κ1) is 18.2. The molecule has 0 aromatic carbocycles. The number of hydrogen-bond acceptors (Lipinski definition) is 4. The van der Waals surface area contributed by atoms with Gasteiger partial charge in [-0.05, 0) is 25.7 Å². The van der Waals surface area contributed by atoms with E-state index in [0.717, 1.165) is 0 Å². The highest BCUT2D eigenvalue weighted by atomic mass is 19.4. The Morgan fingerprint density at radius 3 is 2.09 bits per heavy atom. The lowest BCUT2D eigenvalue weighted by Crippen LogP contribution is -2.45. The number of alkyl halides is 3. The van der Waals surface area contributed by atoms with Crippen LogP contribution in [0.1, 0.15) is 38.5 Å². The van der Waals surface area contributed by atoms with Crippen LogP contribution in [-0.4, -0.2) is 31.1 Å². The second-order valence-electron chi connectivity index (χ2n) is 5.22. The molecular weight excluding hydrogens is 305 g/mol. The van der Waals surface area contributed by atoms with Gasteiger partial charge in [0, 0.05) is 12.3 Å². The van der Waals surface area contributed by atoms with Crippen LogP contribution in [0.3, 0.4) is 0 Å². The zero-order chi connectivity index (χ0) is 16.8. The van der Waals surface area contributed by atoms with E-state index in [1.165, 1.54) is 7.11 Å². The molecule has 2 amide bonds. The van der Waals surface area contributed by atoms with Crippen LogP contribution < -0.4 is 10.9 Å². The predicted octanol–water partition coefficient (Wildman–Crippen LogP) is 1.46. The molecule has 0 spiro atoms. The third-order valence-corrected chi connectivity index (χ3v) is 3.59. The second kappa shape index (κ2) is 8.00. The number of rotatable bonds is 4. The minimum absolute atomic E-state index is 0.226. The Labute approximate surface area is 125 Å². The van der Waals surface area contributed by atoms with Gasteiger partial charge in [0.25, 0.3) is 0 Å². The molecule has 1 saturated carbocycles. The summed E-state index contributed by atoms with van der Waals surface area (Å²) in [5, 5.41) is 0. The number of hydrazine groups is 1. The van der Waals surface area contributed by atoms with E-state index in [4.69, 9.17) is 0 Å². The van der Waals surface area contributed by atoms with Gasteiger partial charge in [-0.15, -0.1) is 0 Å². The zero-order valence-electron chi connectivity index (χ0n) is 12.2. The number of esters is 1. The molecule has 2 N–H and O–H groups in total. The molecule has 1 aliphatic carbocycles. The molecule has 1 rings (SSSR count). The molecular formula is C13H19F3N2O4. The average Bonchev–Trinajstić information content (AvgIpc) is 2.49. The number of amides is 2.